The molecule has 1 heterocycles. The average Bonchev–Trinajstić information content (AvgIpc) is 2.39. The number of carbonyl (C=O) groups is 1. The Bertz CT molecular complexity index is 625. The third-order valence-electron chi connectivity index (χ3n) is 2.96. The summed E-state index contributed by atoms with van der Waals surface area (Å²) < 4.78 is 0. The highest BCUT2D eigenvalue weighted by molar-refractivity contribution is 5.93. The normalized spacial score (nSPS) is 10.6. The number of nitrogens with one attached hydrogen (secondary N) is 2. The molecular weight excluding hydrogens is 252 g/mol. The van der Waals surface area contributed by atoms with E-state index in [1.165, 1.54) is 6.92 Å². The standard InChI is InChI=1S/C15H20N4O/c1-4-5-8-16-14-12-9-10(2)6-7-13(12)18-15(19-14)17-11(3)20/h6-7,9H,4-5,8H2,1-3H3,(H2,16,17,18,19,20). The molecule has 1 aromatic heterocycles. The van der Waals surface area contributed by atoms with Crippen molar-refractivity contribution in [3.63, 3.8) is 0 Å². The van der Waals surface area contributed by atoms with E-state index >= 15 is 0 Å². The van der Waals surface area contributed by atoms with Crippen molar-refractivity contribution >= 4 is 28.6 Å². The third kappa shape index (κ3) is 3.44. The Morgan fingerprint density at radius 3 is 2.80 bits per heavy atom. The second-order valence-corrected chi connectivity index (χ2v) is 4.88. The smallest absolute Gasteiger partial charge is 0.231 e. The van der Waals surface area contributed by atoms with Crippen LogP contribution in [-0.2, 0) is 4.79 Å². The number of aryl methyl sites for hydroxylation is 1. The van der Waals surface area contributed by atoms with Crippen molar-refractivity contribution in [1.29, 1.82) is 0 Å². The third-order valence-corrected chi connectivity index (χ3v) is 2.96. The van der Waals surface area contributed by atoms with Gasteiger partial charge < -0.3 is 5.32 Å². The van der Waals surface area contributed by atoms with Gasteiger partial charge in [0.15, 0.2) is 0 Å². The number of aromatic nitrogens is 2. The fraction of sp³-hybridized carbons (Fsp3) is 0.400. The summed E-state index contributed by atoms with van der Waals surface area (Å²) in [7, 11) is 0. The Kier molecular flexibility index (Phi) is 4.50. The Hall–Kier alpha value is -2.17. The van der Waals surface area contributed by atoms with Crippen molar-refractivity contribution in [2.75, 3.05) is 17.2 Å². The van der Waals surface area contributed by atoms with Gasteiger partial charge in [-0.25, -0.2) is 4.98 Å². The quantitative estimate of drug-likeness (QED) is 0.821. The fourth-order valence-corrected chi connectivity index (χ4v) is 1.97. The maximum atomic E-state index is 11.2. The van der Waals surface area contributed by atoms with Crippen LogP contribution in [-0.4, -0.2) is 22.4 Å². The van der Waals surface area contributed by atoms with Crippen LogP contribution in [0.25, 0.3) is 10.9 Å². The molecule has 106 valence electrons. The van der Waals surface area contributed by atoms with Gasteiger partial charge in [-0.1, -0.05) is 25.0 Å². The summed E-state index contributed by atoms with van der Waals surface area (Å²) in [5.74, 6) is 0.944. The summed E-state index contributed by atoms with van der Waals surface area (Å²) >= 11 is 0. The van der Waals surface area contributed by atoms with E-state index in [0.717, 1.165) is 41.7 Å². The predicted octanol–water partition coefficient (Wildman–Crippen LogP) is 3.11. The molecule has 0 atom stereocenters. The van der Waals surface area contributed by atoms with Crippen molar-refractivity contribution in [2.45, 2.75) is 33.6 Å². The van der Waals surface area contributed by atoms with Crippen LogP contribution < -0.4 is 10.6 Å². The molecule has 2 N–H and O–H groups in total. The number of hydrogen-bond acceptors (Lipinski definition) is 4. The molecule has 1 amide bonds. The first-order valence-corrected chi connectivity index (χ1v) is 6.90. The second-order valence-electron chi connectivity index (χ2n) is 4.88. The molecule has 0 aliphatic rings. The number of rotatable bonds is 5. The van der Waals surface area contributed by atoms with Crippen LogP contribution in [0.3, 0.4) is 0 Å². The van der Waals surface area contributed by atoms with Gasteiger partial charge in [-0.3, -0.25) is 10.1 Å². The molecule has 0 unspecified atom stereocenters. The van der Waals surface area contributed by atoms with Gasteiger partial charge in [-0.2, -0.15) is 4.98 Å². The first-order chi connectivity index (χ1) is 9.60. The Labute approximate surface area is 118 Å². The van der Waals surface area contributed by atoms with Crippen molar-refractivity contribution in [3.8, 4) is 0 Å². The summed E-state index contributed by atoms with van der Waals surface area (Å²) in [5.41, 5.74) is 1.99. The zero-order valence-corrected chi connectivity index (χ0v) is 12.2. The Morgan fingerprint density at radius 1 is 1.30 bits per heavy atom. The average molecular weight is 272 g/mol. The van der Waals surface area contributed by atoms with E-state index in [0.29, 0.717) is 5.95 Å². The van der Waals surface area contributed by atoms with Gasteiger partial charge in [-0.05, 0) is 25.5 Å². The van der Waals surface area contributed by atoms with E-state index < -0.39 is 0 Å². The van der Waals surface area contributed by atoms with Crippen molar-refractivity contribution < 1.29 is 4.79 Å². The van der Waals surface area contributed by atoms with Crippen LogP contribution in [0.1, 0.15) is 32.3 Å². The highest BCUT2D eigenvalue weighted by Crippen LogP contribution is 2.23. The fourth-order valence-electron chi connectivity index (χ4n) is 1.97. The predicted molar refractivity (Wildman–Crippen MR) is 82.0 cm³/mol. The number of fused-ring (bicyclic) bond motifs is 1. The molecule has 0 fully saturated rings. The summed E-state index contributed by atoms with van der Waals surface area (Å²) in [4.78, 5) is 19.9. The van der Waals surface area contributed by atoms with Crippen LogP contribution >= 0.6 is 0 Å². The largest absolute Gasteiger partial charge is 0.369 e. The molecule has 0 radical (unpaired) electrons. The number of benzene rings is 1. The molecule has 0 saturated carbocycles. The van der Waals surface area contributed by atoms with E-state index in [4.69, 9.17) is 0 Å². The number of unbranched alkanes of at least 4 members (excludes halogenated alkanes) is 1. The molecule has 1 aromatic carbocycles. The molecule has 0 aliphatic carbocycles. The highest BCUT2D eigenvalue weighted by Gasteiger charge is 2.08. The van der Waals surface area contributed by atoms with Crippen molar-refractivity contribution in [2.24, 2.45) is 0 Å². The molecule has 2 aromatic rings. The van der Waals surface area contributed by atoms with Gasteiger partial charge in [-0.15, -0.1) is 0 Å². The molecule has 5 heteroatoms. The SMILES string of the molecule is CCCCNc1nc(NC(C)=O)nc2ccc(C)cc12. The lowest BCUT2D eigenvalue weighted by molar-refractivity contribution is -0.114. The summed E-state index contributed by atoms with van der Waals surface area (Å²) in [6.07, 6.45) is 2.19. The lowest BCUT2D eigenvalue weighted by Gasteiger charge is -2.11. The number of anilines is 2. The first-order valence-electron chi connectivity index (χ1n) is 6.90. The second kappa shape index (κ2) is 6.32. The van der Waals surface area contributed by atoms with E-state index in [2.05, 4.69) is 33.6 Å². The van der Waals surface area contributed by atoms with E-state index in [-0.39, 0.29) is 5.91 Å². The maximum absolute atomic E-state index is 11.2. The minimum absolute atomic E-state index is 0.170. The summed E-state index contributed by atoms with van der Waals surface area (Å²) in [6, 6.07) is 6.01. The minimum atomic E-state index is -0.170. The van der Waals surface area contributed by atoms with E-state index in [1.807, 2.05) is 19.1 Å². The van der Waals surface area contributed by atoms with Crippen molar-refractivity contribution in [3.05, 3.63) is 23.8 Å². The molecule has 2 rings (SSSR count). The minimum Gasteiger partial charge on any atom is -0.369 e. The van der Waals surface area contributed by atoms with Gasteiger partial charge in [0.2, 0.25) is 11.9 Å². The lowest BCUT2D eigenvalue weighted by atomic mass is 10.1. The van der Waals surface area contributed by atoms with Crippen LogP contribution in [0.2, 0.25) is 0 Å². The van der Waals surface area contributed by atoms with Crippen LogP contribution in [0.5, 0.6) is 0 Å². The van der Waals surface area contributed by atoms with Gasteiger partial charge >= 0.3 is 0 Å². The monoisotopic (exact) mass is 272 g/mol. The maximum Gasteiger partial charge on any atom is 0.231 e. The van der Waals surface area contributed by atoms with E-state index in [1.54, 1.807) is 0 Å². The van der Waals surface area contributed by atoms with Gasteiger partial charge in [0.1, 0.15) is 5.82 Å². The van der Waals surface area contributed by atoms with Gasteiger partial charge in [0.05, 0.1) is 5.52 Å². The number of amides is 1. The van der Waals surface area contributed by atoms with Crippen LogP contribution in [0.4, 0.5) is 11.8 Å². The van der Waals surface area contributed by atoms with Gasteiger partial charge in [0.25, 0.3) is 0 Å². The molecule has 20 heavy (non-hydrogen) atoms. The molecule has 0 aliphatic heterocycles. The number of carbonyl (C=O) groups excluding carboxylic acids is 1. The number of hydrogen-bond donors (Lipinski definition) is 2. The van der Waals surface area contributed by atoms with E-state index in [9.17, 15) is 4.79 Å². The number of nitrogens with zero attached hydrogens (tertiary/aromatic N) is 2. The van der Waals surface area contributed by atoms with Crippen LogP contribution in [0, 0.1) is 6.92 Å². The first kappa shape index (κ1) is 14.2. The zero-order chi connectivity index (χ0) is 14.5. The summed E-state index contributed by atoms with van der Waals surface area (Å²) in [6.45, 7) is 6.49. The molecular formula is C15H20N4O. The topological polar surface area (TPSA) is 66.9 Å². The molecule has 5 nitrogen and oxygen atoms in total. The van der Waals surface area contributed by atoms with Crippen LogP contribution in [0.15, 0.2) is 18.2 Å². The summed E-state index contributed by atoms with van der Waals surface area (Å²) in [5, 5.41) is 6.95. The highest BCUT2D eigenvalue weighted by atomic mass is 16.1. The Morgan fingerprint density at radius 2 is 2.10 bits per heavy atom. The van der Waals surface area contributed by atoms with Gasteiger partial charge in [0, 0.05) is 18.9 Å². The molecule has 0 bridgehead atoms. The lowest BCUT2D eigenvalue weighted by Crippen LogP contribution is -2.12. The Balaban J connectivity index is 2.42. The van der Waals surface area contributed by atoms with Crippen molar-refractivity contribution in [1.82, 2.24) is 9.97 Å². The molecule has 0 saturated heterocycles. The molecule has 0 spiro atoms. The zero-order valence-electron chi connectivity index (χ0n) is 12.2.